The molecule has 0 saturated carbocycles. The molecule has 1 fully saturated rings. The largest absolute Gasteiger partial charge is 0.363 e. The lowest BCUT2D eigenvalue weighted by Gasteiger charge is -2.38. The molecule has 0 aliphatic carbocycles. The molecule has 3 rings (SSSR count). The molecule has 0 spiro atoms. The highest BCUT2D eigenvalue weighted by Crippen LogP contribution is 2.40. The molecule has 16 heavy (non-hydrogen) atoms. The van der Waals surface area contributed by atoms with Gasteiger partial charge in [0.1, 0.15) is 0 Å². The van der Waals surface area contributed by atoms with Crippen LogP contribution in [-0.4, -0.2) is 25.2 Å². The fraction of sp³-hybridized carbons (Fsp3) is 0.500. The van der Waals surface area contributed by atoms with Gasteiger partial charge in [-0.05, 0) is 31.0 Å². The van der Waals surface area contributed by atoms with Crippen LogP contribution in [0.4, 0.5) is 5.69 Å². The van der Waals surface area contributed by atoms with E-state index in [-0.39, 0.29) is 0 Å². The first kappa shape index (κ1) is 10.7. The molecule has 2 atom stereocenters. The molecule has 2 nitrogen and oxygen atoms in total. The Morgan fingerprint density at radius 2 is 2.12 bits per heavy atom. The number of anilines is 1. The van der Waals surface area contributed by atoms with Crippen LogP contribution in [0.2, 0.25) is 10.0 Å². The molecular formula is C12H14Cl2N2. The van der Waals surface area contributed by atoms with E-state index in [1.54, 1.807) is 0 Å². The van der Waals surface area contributed by atoms with E-state index in [1.165, 1.54) is 11.3 Å². The predicted octanol–water partition coefficient (Wildman–Crippen LogP) is 2.72. The van der Waals surface area contributed by atoms with Crippen molar-refractivity contribution in [3.05, 3.63) is 27.7 Å². The summed E-state index contributed by atoms with van der Waals surface area (Å²) < 4.78 is 0. The standard InChI is InChI=1S/C12H14Cl2N2/c1-7-5-15-6-9-4-10-11(14)2-8(13)3-12(10)16(7)9/h2-3,7,9,15H,4-6H2,1H3. The van der Waals surface area contributed by atoms with Crippen molar-refractivity contribution < 1.29 is 0 Å². The number of nitrogens with one attached hydrogen (secondary N) is 1. The smallest absolute Gasteiger partial charge is 0.0474 e. The molecule has 2 unspecified atom stereocenters. The van der Waals surface area contributed by atoms with Gasteiger partial charge in [-0.2, -0.15) is 0 Å². The third kappa shape index (κ3) is 1.52. The fourth-order valence-electron chi connectivity index (χ4n) is 2.88. The number of hydrogen-bond acceptors (Lipinski definition) is 2. The number of hydrogen-bond donors (Lipinski definition) is 1. The third-order valence-corrected chi connectivity index (χ3v) is 4.10. The zero-order valence-corrected chi connectivity index (χ0v) is 10.6. The quantitative estimate of drug-likeness (QED) is 0.768. The van der Waals surface area contributed by atoms with Gasteiger partial charge in [-0.3, -0.25) is 0 Å². The lowest BCUT2D eigenvalue weighted by molar-refractivity contribution is 0.430. The summed E-state index contributed by atoms with van der Waals surface area (Å²) in [4.78, 5) is 2.46. The van der Waals surface area contributed by atoms with Crippen LogP contribution < -0.4 is 10.2 Å². The number of benzene rings is 1. The van der Waals surface area contributed by atoms with Crippen molar-refractivity contribution >= 4 is 28.9 Å². The molecule has 1 aromatic carbocycles. The van der Waals surface area contributed by atoms with Crippen molar-refractivity contribution in [3.8, 4) is 0 Å². The second kappa shape index (κ2) is 3.80. The normalized spacial score (nSPS) is 27.8. The Morgan fingerprint density at radius 3 is 2.94 bits per heavy atom. The molecule has 1 aromatic rings. The average Bonchev–Trinajstić information content (AvgIpc) is 2.58. The Labute approximate surface area is 106 Å². The topological polar surface area (TPSA) is 15.3 Å². The lowest BCUT2D eigenvalue weighted by atomic mass is 10.1. The van der Waals surface area contributed by atoms with E-state index < -0.39 is 0 Å². The summed E-state index contributed by atoms with van der Waals surface area (Å²) in [5.41, 5.74) is 2.49. The van der Waals surface area contributed by atoms with Gasteiger partial charge in [-0.1, -0.05) is 23.2 Å². The summed E-state index contributed by atoms with van der Waals surface area (Å²) >= 11 is 12.3. The van der Waals surface area contributed by atoms with Gasteiger partial charge in [-0.15, -0.1) is 0 Å². The number of rotatable bonds is 0. The summed E-state index contributed by atoms with van der Waals surface area (Å²) in [6, 6.07) is 4.94. The van der Waals surface area contributed by atoms with E-state index in [4.69, 9.17) is 23.2 Å². The van der Waals surface area contributed by atoms with Gasteiger partial charge in [0.2, 0.25) is 0 Å². The first-order valence-corrected chi connectivity index (χ1v) is 6.39. The van der Waals surface area contributed by atoms with Crippen molar-refractivity contribution in [2.75, 3.05) is 18.0 Å². The molecule has 1 saturated heterocycles. The van der Waals surface area contributed by atoms with E-state index in [9.17, 15) is 0 Å². The summed E-state index contributed by atoms with van der Waals surface area (Å²) in [5.74, 6) is 0. The van der Waals surface area contributed by atoms with Crippen molar-refractivity contribution in [3.63, 3.8) is 0 Å². The molecule has 0 bridgehead atoms. The van der Waals surface area contributed by atoms with Gasteiger partial charge in [0, 0.05) is 40.9 Å². The summed E-state index contributed by atoms with van der Waals surface area (Å²) in [6.45, 7) is 4.30. The Morgan fingerprint density at radius 1 is 1.31 bits per heavy atom. The summed E-state index contributed by atoms with van der Waals surface area (Å²) in [5, 5.41) is 5.00. The highest BCUT2D eigenvalue weighted by Gasteiger charge is 2.36. The summed E-state index contributed by atoms with van der Waals surface area (Å²) in [6.07, 6.45) is 1.03. The van der Waals surface area contributed by atoms with Crippen LogP contribution in [0.3, 0.4) is 0 Å². The van der Waals surface area contributed by atoms with E-state index in [1.807, 2.05) is 12.1 Å². The maximum Gasteiger partial charge on any atom is 0.0474 e. The van der Waals surface area contributed by atoms with Crippen LogP contribution in [-0.2, 0) is 6.42 Å². The minimum absolute atomic E-state index is 0.509. The van der Waals surface area contributed by atoms with Gasteiger partial charge < -0.3 is 10.2 Å². The number of fused-ring (bicyclic) bond motifs is 3. The molecule has 0 aromatic heterocycles. The first-order chi connectivity index (χ1) is 7.66. The maximum atomic E-state index is 6.26. The molecule has 2 aliphatic heterocycles. The average molecular weight is 257 g/mol. The van der Waals surface area contributed by atoms with Crippen LogP contribution in [0.1, 0.15) is 12.5 Å². The van der Waals surface area contributed by atoms with Crippen LogP contribution >= 0.6 is 23.2 Å². The van der Waals surface area contributed by atoms with Crippen molar-refractivity contribution in [1.82, 2.24) is 5.32 Å². The molecule has 2 aliphatic rings. The van der Waals surface area contributed by atoms with Crippen LogP contribution in [0.15, 0.2) is 12.1 Å². The van der Waals surface area contributed by atoms with Gasteiger partial charge in [-0.25, -0.2) is 0 Å². The minimum atomic E-state index is 0.509. The highest BCUT2D eigenvalue weighted by molar-refractivity contribution is 6.35. The van der Waals surface area contributed by atoms with Crippen LogP contribution in [0, 0.1) is 0 Å². The zero-order valence-electron chi connectivity index (χ0n) is 9.13. The molecular weight excluding hydrogens is 243 g/mol. The molecule has 1 N–H and O–H groups in total. The highest BCUT2D eigenvalue weighted by atomic mass is 35.5. The third-order valence-electron chi connectivity index (χ3n) is 3.54. The van der Waals surface area contributed by atoms with Gasteiger partial charge in [0.05, 0.1) is 0 Å². The van der Waals surface area contributed by atoms with E-state index >= 15 is 0 Å². The predicted molar refractivity (Wildman–Crippen MR) is 68.8 cm³/mol. The van der Waals surface area contributed by atoms with Gasteiger partial charge >= 0.3 is 0 Å². The van der Waals surface area contributed by atoms with Crippen molar-refractivity contribution in [1.29, 1.82) is 0 Å². The molecule has 2 heterocycles. The Kier molecular flexibility index (Phi) is 2.54. The number of piperazine rings is 1. The SMILES string of the molecule is CC1CNCC2Cc3c(Cl)cc(Cl)cc3N12. The maximum absolute atomic E-state index is 6.26. The monoisotopic (exact) mass is 256 g/mol. The van der Waals surface area contributed by atoms with Crippen molar-refractivity contribution in [2.24, 2.45) is 0 Å². The fourth-order valence-corrected chi connectivity index (χ4v) is 3.44. The molecule has 86 valence electrons. The Balaban J connectivity index is 2.10. The Bertz CT molecular complexity index is 433. The molecule has 0 radical (unpaired) electrons. The van der Waals surface area contributed by atoms with Gasteiger partial charge in [0.15, 0.2) is 0 Å². The zero-order chi connectivity index (χ0) is 11.3. The second-order valence-electron chi connectivity index (χ2n) is 4.66. The second-order valence-corrected chi connectivity index (χ2v) is 5.50. The first-order valence-electron chi connectivity index (χ1n) is 5.64. The van der Waals surface area contributed by atoms with E-state index in [0.29, 0.717) is 12.1 Å². The lowest BCUT2D eigenvalue weighted by Crippen LogP contribution is -2.54. The van der Waals surface area contributed by atoms with Crippen LogP contribution in [0.25, 0.3) is 0 Å². The number of halogens is 2. The Hall–Kier alpha value is -0.440. The van der Waals surface area contributed by atoms with Crippen LogP contribution in [0.5, 0.6) is 0 Å². The van der Waals surface area contributed by atoms with Crippen molar-refractivity contribution in [2.45, 2.75) is 25.4 Å². The van der Waals surface area contributed by atoms with E-state index in [0.717, 1.165) is 29.6 Å². The molecule has 0 amide bonds. The van der Waals surface area contributed by atoms with E-state index in [2.05, 4.69) is 17.1 Å². The summed E-state index contributed by atoms with van der Waals surface area (Å²) in [7, 11) is 0. The number of nitrogens with zero attached hydrogens (tertiary/aromatic N) is 1. The minimum Gasteiger partial charge on any atom is -0.363 e. The molecule has 4 heteroatoms. The van der Waals surface area contributed by atoms with Gasteiger partial charge in [0.25, 0.3) is 0 Å².